The highest BCUT2D eigenvalue weighted by Gasteiger charge is 2.34. The summed E-state index contributed by atoms with van der Waals surface area (Å²) < 4.78 is 0. The predicted octanol–water partition coefficient (Wildman–Crippen LogP) is 1.22. The monoisotopic (exact) mass is 238 g/mol. The van der Waals surface area contributed by atoms with Crippen molar-refractivity contribution in [3.63, 3.8) is 0 Å². The van der Waals surface area contributed by atoms with Gasteiger partial charge in [0.1, 0.15) is 0 Å². The fraction of sp³-hybridized carbons (Fsp3) is 1.00. The molecule has 4 aliphatic rings. The minimum absolute atomic E-state index is 0.0258. The second-order valence-corrected chi connectivity index (χ2v) is 6.34. The van der Waals surface area contributed by atoms with Gasteiger partial charge in [-0.25, -0.2) is 0 Å². The van der Waals surface area contributed by atoms with Gasteiger partial charge < -0.3 is 15.3 Å². The molecule has 3 unspecified atom stereocenters. The highest BCUT2D eigenvalue weighted by atomic mass is 16.3. The maximum Gasteiger partial charge on any atom is 0.0543 e. The predicted molar refractivity (Wildman–Crippen MR) is 68.9 cm³/mol. The van der Waals surface area contributed by atoms with E-state index in [-0.39, 0.29) is 6.10 Å². The van der Waals surface area contributed by atoms with Crippen molar-refractivity contribution in [3.05, 3.63) is 0 Å². The number of rotatable bonds is 3. The van der Waals surface area contributed by atoms with Crippen molar-refractivity contribution in [1.82, 2.24) is 10.2 Å². The van der Waals surface area contributed by atoms with Crippen LogP contribution in [-0.4, -0.2) is 48.3 Å². The molecule has 0 spiro atoms. The van der Waals surface area contributed by atoms with Gasteiger partial charge in [0.15, 0.2) is 0 Å². The third-order valence-corrected chi connectivity index (χ3v) is 5.08. The summed E-state index contributed by atoms with van der Waals surface area (Å²) in [6.45, 7) is 5.04. The fourth-order valence-electron chi connectivity index (χ4n) is 3.96. The van der Waals surface area contributed by atoms with Crippen molar-refractivity contribution in [1.29, 1.82) is 0 Å². The summed E-state index contributed by atoms with van der Waals surface area (Å²) in [5.74, 6) is 1.64. The van der Waals surface area contributed by atoms with Gasteiger partial charge in [-0.2, -0.15) is 0 Å². The zero-order chi connectivity index (χ0) is 11.7. The molecule has 2 N–H and O–H groups in total. The van der Waals surface area contributed by atoms with Crippen LogP contribution in [0.1, 0.15) is 38.5 Å². The first kappa shape index (κ1) is 11.9. The average molecular weight is 238 g/mol. The molecule has 1 aliphatic carbocycles. The molecular formula is C14H26N2O. The molecule has 0 aromatic carbocycles. The largest absolute Gasteiger partial charge is 0.393 e. The van der Waals surface area contributed by atoms with Crippen LogP contribution in [0.15, 0.2) is 0 Å². The standard InChI is InChI=1S/C14H26N2O/c17-13-3-1-2-11(8-13)9-15-14-10-16-6-4-12(14)5-7-16/h11-15,17H,1-10H2. The molecule has 3 aliphatic heterocycles. The Bertz CT molecular complexity index is 251. The summed E-state index contributed by atoms with van der Waals surface area (Å²) >= 11 is 0. The lowest BCUT2D eigenvalue weighted by atomic mass is 9.83. The zero-order valence-electron chi connectivity index (χ0n) is 10.8. The van der Waals surface area contributed by atoms with Crippen LogP contribution in [0.3, 0.4) is 0 Å². The van der Waals surface area contributed by atoms with Crippen molar-refractivity contribution in [2.24, 2.45) is 11.8 Å². The van der Waals surface area contributed by atoms with Crippen LogP contribution in [0.5, 0.6) is 0 Å². The van der Waals surface area contributed by atoms with Gasteiger partial charge in [-0.15, -0.1) is 0 Å². The van der Waals surface area contributed by atoms with E-state index in [1.165, 1.54) is 45.3 Å². The first-order valence-corrected chi connectivity index (χ1v) is 7.45. The molecule has 17 heavy (non-hydrogen) atoms. The van der Waals surface area contributed by atoms with Crippen LogP contribution in [0.25, 0.3) is 0 Å². The minimum atomic E-state index is -0.0258. The van der Waals surface area contributed by atoms with E-state index in [4.69, 9.17) is 0 Å². The second kappa shape index (κ2) is 5.25. The molecule has 4 fully saturated rings. The molecule has 0 aromatic heterocycles. The summed E-state index contributed by atoms with van der Waals surface area (Å²) in [4.78, 5) is 2.60. The van der Waals surface area contributed by atoms with Gasteiger partial charge in [0, 0.05) is 12.6 Å². The fourth-order valence-corrected chi connectivity index (χ4v) is 3.96. The highest BCUT2D eigenvalue weighted by molar-refractivity contribution is 4.91. The van der Waals surface area contributed by atoms with Gasteiger partial charge in [-0.3, -0.25) is 0 Å². The number of fused-ring (bicyclic) bond motifs is 3. The Morgan fingerprint density at radius 3 is 2.59 bits per heavy atom. The van der Waals surface area contributed by atoms with Crippen molar-refractivity contribution < 1.29 is 5.11 Å². The summed E-state index contributed by atoms with van der Waals surface area (Å²) in [6, 6.07) is 0.733. The van der Waals surface area contributed by atoms with Crippen LogP contribution < -0.4 is 5.32 Å². The van der Waals surface area contributed by atoms with E-state index in [9.17, 15) is 5.11 Å². The van der Waals surface area contributed by atoms with Gasteiger partial charge in [-0.05, 0) is 63.6 Å². The third-order valence-electron chi connectivity index (χ3n) is 5.08. The Morgan fingerprint density at radius 2 is 1.94 bits per heavy atom. The number of nitrogens with one attached hydrogen (secondary N) is 1. The Morgan fingerprint density at radius 1 is 1.12 bits per heavy atom. The van der Waals surface area contributed by atoms with Crippen LogP contribution >= 0.6 is 0 Å². The van der Waals surface area contributed by atoms with Crippen molar-refractivity contribution in [2.75, 3.05) is 26.2 Å². The molecule has 2 bridgehead atoms. The zero-order valence-corrected chi connectivity index (χ0v) is 10.8. The summed E-state index contributed by atoms with van der Waals surface area (Å²) in [6.07, 6.45) is 7.33. The molecule has 98 valence electrons. The normalized spacial score (nSPS) is 46.1. The summed E-state index contributed by atoms with van der Waals surface area (Å²) in [7, 11) is 0. The van der Waals surface area contributed by atoms with Crippen LogP contribution in [0.4, 0.5) is 0 Å². The molecule has 3 atom stereocenters. The molecule has 1 saturated carbocycles. The van der Waals surface area contributed by atoms with Crippen molar-refractivity contribution >= 4 is 0 Å². The number of nitrogens with zero attached hydrogens (tertiary/aromatic N) is 1. The number of hydrogen-bond donors (Lipinski definition) is 2. The van der Waals surface area contributed by atoms with Gasteiger partial charge in [0.2, 0.25) is 0 Å². The van der Waals surface area contributed by atoms with Gasteiger partial charge in [-0.1, -0.05) is 6.42 Å². The van der Waals surface area contributed by atoms with E-state index in [1.54, 1.807) is 0 Å². The van der Waals surface area contributed by atoms with Crippen LogP contribution in [-0.2, 0) is 0 Å². The van der Waals surface area contributed by atoms with E-state index in [2.05, 4.69) is 10.2 Å². The first-order chi connectivity index (χ1) is 8.31. The maximum atomic E-state index is 9.69. The minimum Gasteiger partial charge on any atom is -0.393 e. The smallest absolute Gasteiger partial charge is 0.0543 e. The number of aliphatic hydroxyl groups excluding tert-OH is 1. The SMILES string of the molecule is OC1CCCC(CNC2CN3CCC2CC3)C1. The lowest BCUT2D eigenvalue weighted by Crippen LogP contribution is -2.56. The molecule has 3 heteroatoms. The lowest BCUT2D eigenvalue weighted by molar-refractivity contribution is 0.0626. The summed E-state index contributed by atoms with van der Waals surface area (Å²) in [5.41, 5.74) is 0. The Kier molecular flexibility index (Phi) is 3.69. The van der Waals surface area contributed by atoms with Gasteiger partial charge in [0.25, 0.3) is 0 Å². The van der Waals surface area contributed by atoms with Crippen LogP contribution in [0.2, 0.25) is 0 Å². The molecule has 0 radical (unpaired) electrons. The number of aliphatic hydroxyl groups is 1. The molecule has 0 amide bonds. The quantitative estimate of drug-likeness (QED) is 0.776. The van der Waals surface area contributed by atoms with Gasteiger partial charge >= 0.3 is 0 Å². The second-order valence-electron chi connectivity index (χ2n) is 6.34. The molecular weight excluding hydrogens is 212 g/mol. The highest BCUT2D eigenvalue weighted by Crippen LogP contribution is 2.28. The Hall–Kier alpha value is -0.120. The number of hydrogen-bond acceptors (Lipinski definition) is 3. The van der Waals surface area contributed by atoms with Crippen molar-refractivity contribution in [3.8, 4) is 0 Å². The topological polar surface area (TPSA) is 35.5 Å². The molecule has 3 nitrogen and oxygen atoms in total. The Labute approximate surface area is 105 Å². The van der Waals surface area contributed by atoms with E-state index in [0.29, 0.717) is 5.92 Å². The molecule has 0 aromatic rings. The van der Waals surface area contributed by atoms with Gasteiger partial charge in [0.05, 0.1) is 6.10 Å². The summed E-state index contributed by atoms with van der Waals surface area (Å²) in [5, 5.41) is 13.5. The molecule has 4 rings (SSSR count). The van der Waals surface area contributed by atoms with Crippen LogP contribution in [0, 0.1) is 11.8 Å². The van der Waals surface area contributed by atoms with E-state index < -0.39 is 0 Å². The average Bonchev–Trinajstić information content (AvgIpc) is 2.38. The lowest BCUT2D eigenvalue weighted by Gasteiger charge is -2.45. The van der Waals surface area contributed by atoms with E-state index in [1.807, 2.05) is 0 Å². The van der Waals surface area contributed by atoms with Crippen molar-refractivity contribution in [2.45, 2.75) is 50.7 Å². The van der Waals surface area contributed by atoms with E-state index in [0.717, 1.165) is 31.3 Å². The number of piperidine rings is 3. The first-order valence-electron chi connectivity index (χ1n) is 7.45. The third kappa shape index (κ3) is 2.83. The molecule has 3 heterocycles. The van der Waals surface area contributed by atoms with E-state index >= 15 is 0 Å². The maximum absolute atomic E-state index is 9.69. The molecule has 3 saturated heterocycles. The Balaban J connectivity index is 1.44.